The summed E-state index contributed by atoms with van der Waals surface area (Å²) >= 11 is 0. The van der Waals surface area contributed by atoms with E-state index in [-0.39, 0.29) is 18.0 Å². The minimum absolute atomic E-state index is 0.187. The van der Waals surface area contributed by atoms with Crippen molar-refractivity contribution < 1.29 is 15.4 Å². The van der Waals surface area contributed by atoms with Gasteiger partial charge in [0.05, 0.1) is 12.2 Å². The third-order valence-corrected chi connectivity index (χ3v) is 2.81. The van der Waals surface area contributed by atoms with E-state index in [9.17, 15) is 15.4 Å². The van der Waals surface area contributed by atoms with Gasteiger partial charge in [-0.3, -0.25) is 5.41 Å². The molecule has 0 aromatic carbocycles. The Balaban J connectivity index is 2.26. The van der Waals surface area contributed by atoms with E-state index in [1.54, 1.807) is 4.90 Å². The molecule has 2 atom stereocenters. The SMILES string of the molecule is N=c1cc(N2CC[C@@H](O)[C@@H](O)C2)nc(N)n1O. The summed E-state index contributed by atoms with van der Waals surface area (Å²) in [6.45, 7) is 0.738. The highest BCUT2D eigenvalue weighted by molar-refractivity contribution is 5.41. The van der Waals surface area contributed by atoms with Crippen LogP contribution in [0.5, 0.6) is 0 Å². The molecule has 0 unspecified atom stereocenters. The van der Waals surface area contributed by atoms with Gasteiger partial charge in [-0.25, -0.2) is 0 Å². The van der Waals surface area contributed by atoms with Crippen LogP contribution in [0.2, 0.25) is 0 Å². The fourth-order valence-electron chi connectivity index (χ4n) is 1.79. The number of nitrogens with two attached hydrogens (primary N) is 1. The Morgan fingerprint density at radius 2 is 2.12 bits per heavy atom. The molecule has 0 amide bonds. The van der Waals surface area contributed by atoms with E-state index in [2.05, 4.69) is 4.98 Å². The fourth-order valence-corrected chi connectivity index (χ4v) is 1.79. The molecule has 1 fully saturated rings. The number of β-amino-alcohol motifs (C(OH)–C–C–N with tert-alkyl or cyclic N) is 1. The highest BCUT2D eigenvalue weighted by atomic mass is 16.5. The number of aromatic nitrogens is 2. The minimum atomic E-state index is -0.845. The number of hydrogen-bond acceptors (Lipinski definition) is 7. The Hall–Kier alpha value is -1.80. The van der Waals surface area contributed by atoms with Crippen LogP contribution in [-0.4, -0.2) is 50.4 Å². The molecule has 0 spiro atoms. The van der Waals surface area contributed by atoms with E-state index < -0.39 is 12.2 Å². The van der Waals surface area contributed by atoms with E-state index in [1.807, 2.05) is 0 Å². The van der Waals surface area contributed by atoms with Gasteiger partial charge in [-0.15, -0.1) is 4.73 Å². The van der Waals surface area contributed by atoms with Gasteiger partial charge in [-0.2, -0.15) is 4.98 Å². The molecule has 0 bridgehead atoms. The maximum atomic E-state index is 9.55. The van der Waals surface area contributed by atoms with Crippen molar-refractivity contribution >= 4 is 11.8 Å². The molecule has 1 aliphatic rings. The second-order valence-corrected chi connectivity index (χ2v) is 4.04. The quantitative estimate of drug-likeness (QED) is 0.365. The van der Waals surface area contributed by atoms with Crippen LogP contribution in [-0.2, 0) is 0 Å². The normalized spacial score (nSPS) is 24.9. The summed E-state index contributed by atoms with van der Waals surface area (Å²) in [7, 11) is 0. The zero-order valence-corrected chi connectivity index (χ0v) is 9.11. The Kier molecular flexibility index (Phi) is 2.90. The molecule has 1 aromatic rings. The number of hydrogen-bond donors (Lipinski definition) is 5. The van der Waals surface area contributed by atoms with Crippen molar-refractivity contribution in [2.24, 2.45) is 0 Å². The lowest BCUT2D eigenvalue weighted by atomic mass is 10.1. The van der Waals surface area contributed by atoms with Crippen LogP contribution in [0.25, 0.3) is 0 Å². The Morgan fingerprint density at radius 3 is 2.71 bits per heavy atom. The number of nitrogens with zero attached hydrogens (tertiary/aromatic N) is 3. The number of piperidine rings is 1. The van der Waals surface area contributed by atoms with E-state index in [4.69, 9.17) is 11.1 Å². The molecule has 0 aliphatic carbocycles. The summed E-state index contributed by atoms with van der Waals surface area (Å²) in [6, 6.07) is 1.35. The maximum absolute atomic E-state index is 9.55. The van der Waals surface area contributed by atoms with Gasteiger partial charge in [0.25, 0.3) is 0 Å². The van der Waals surface area contributed by atoms with Gasteiger partial charge in [0.2, 0.25) is 5.95 Å². The van der Waals surface area contributed by atoms with Crippen molar-refractivity contribution in [1.29, 1.82) is 5.41 Å². The Morgan fingerprint density at radius 1 is 1.41 bits per heavy atom. The van der Waals surface area contributed by atoms with E-state index >= 15 is 0 Å². The average Bonchev–Trinajstić information content (AvgIpc) is 2.29. The van der Waals surface area contributed by atoms with Gasteiger partial charge in [0, 0.05) is 19.2 Å². The summed E-state index contributed by atoms with van der Waals surface area (Å²) in [5.74, 6) is 0.219. The minimum Gasteiger partial charge on any atom is -0.423 e. The predicted molar refractivity (Wildman–Crippen MR) is 58.5 cm³/mol. The molecule has 8 heteroatoms. The Labute approximate surface area is 97.0 Å². The van der Waals surface area contributed by atoms with Gasteiger partial charge in [-0.05, 0) is 6.42 Å². The number of anilines is 2. The first-order valence-corrected chi connectivity index (χ1v) is 5.23. The molecule has 6 N–H and O–H groups in total. The van der Waals surface area contributed by atoms with E-state index in [0.717, 1.165) is 0 Å². The standard InChI is InChI=1S/C9H15N5O3/c10-7-3-8(12-9(11)14(7)17)13-2-1-5(15)6(16)4-13/h3,5-6,10,15-17H,1-2,4H2,(H2,11,12)/t5-,6+/m1/s1. The lowest BCUT2D eigenvalue weighted by Crippen LogP contribution is -2.47. The smallest absolute Gasteiger partial charge is 0.238 e. The lowest BCUT2D eigenvalue weighted by molar-refractivity contribution is 0.00782. The summed E-state index contributed by atoms with van der Waals surface area (Å²) in [5, 5.41) is 35.7. The highest BCUT2D eigenvalue weighted by Crippen LogP contribution is 2.17. The first-order chi connectivity index (χ1) is 7.99. The molecule has 2 heterocycles. The molecule has 94 valence electrons. The number of rotatable bonds is 1. The molecule has 8 nitrogen and oxygen atoms in total. The second kappa shape index (κ2) is 4.22. The largest absolute Gasteiger partial charge is 0.423 e. The van der Waals surface area contributed by atoms with Gasteiger partial charge in [-0.1, -0.05) is 0 Å². The molecule has 0 saturated carbocycles. The Bertz CT molecular complexity index is 474. The van der Waals surface area contributed by atoms with Crippen molar-refractivity contribution in [3.8, 4) is 0 Å². The van der Waals surface area contributed by atoms with Crippen LogP contribution in [0.15, 0.2) is 6.07 Å². The van der Waals surface area contributed by atoms with Crippen LogP contribution in [0.1, 0.15) is 6.42 Å². The van der Waals surface area contributed by atoms with Crippen molar-refractivity contribution in [3.63, 3.8) is 0 Å². The molecule has 2 rings (SSSR count). The van der Waals surface area contributed by atoms with E-state index in [1.165, 1.54) is 6.07 Å². The number of aliphatic hydroxyl groups excluding tert-OH is 2. The van der Waals surface area contributed by atoms with Crippen LogP contribution in [0.3, 0.4) is 0 Å². The topological polar surface area (TPSA) is 132 Å². The third-order valence-electron chi connectivity index (χ3n) is 2.81. The lowest BCUT2D eigenvalue weighted by Gasteiger charge is -2.34. The van der Waals surface area contributed by atoms with Gasteiger partial charge in [0.1, 0.15) is 5.82 Å². The van der Waals surface area contributed by atoms with Crippen LogP contribution in [0.4, 0.5) is 11.8 Å². The zero-order chi connectivity index (χ0) is 12.6. The van der Waals surface area contributed by atoms with Crippen molar-refractivity contribution in [2.45, 2.75) is 18.6 Å². The molecule has 1 saturated heterocycles. The summed E-state index contributed by atoms with van der Waals surface area (Å²) in [5.41, 5.74) is 5.25. The van der Waals surface area contributed by atoms with E-state index in [0.29, 0.717) is 23.5 Å². The van der Waals surface area contributed by atoms with Gasteiger partial charge >= 0.3 is 0 Å². The summed E-state index contributed by atoms with van der Waals surface area (Å²) < 4.78 is 0.471. The van der Waals surface area contributed by atoms with Crippen molar-refractivity contribution in [1.82, 2.24) is 9.71 Å². The molecule has 1 aliphatic heterocycles. The number of nitrogens with one attached hydrogen (secondary N) is 1. The molecular formula is C9H15N5O3. The van der Waals surface area contributed by atoms with Crippen LogP contribution >= 0.6 is 0 Å². The summed E-state index contributed by atoms with van der Waals surface area (Å²) in [6.07, 6.45) is -1.16. The van der Waals surface area contributed by atoms with Crippen molar-refractivity contribution in [2.75, 3.05) is 23.7 Å². The molecule has 0 radical (unpaired) electrons. The van der Waals surface area contributed by atoms with Crippen LogP contribution in [0, 0.1) is 5.41 Å². The number of nitrogen functional groups attached to an aromatic ring is 1. The second-order valence-electron chi connectivity index (χ2n) is 4.04. The summed E-state index contributed by atoms with van der Waals surface area (Å²) in [4.78, 5) is 5.63. The van der Waals surface area contributed by atoms with Gasteiger partial charge < -0.3 is 26.1 Å². The van der Waals surface area contributed by atoms with Gasteiger partial charge in [0.15, 0.2) is 5.49 Å². The monoisotopic (exact) mass is 241 g/mol. The average molecular weight is 241 g/mol. The molecule has 1 aromatic heterocycles. The number of aliphatic hydroxyl groups is 2. The molecular weight excluding hydrogens is 226 g/mol. The maximum Gasteiger partial charge on any atom is 0.238 e. The third kappa shape index (κ3) is 2.17. The fraction of sp³-hybridized carbons (Fsp3) is 0.556. The predicted octanol–water partition coefficient (Wildman–Crippen LogP) is -1.89. The first kappa shape index (κ1) is 11.7. The van der Waals surface area contributed by atoms with Crippen LogP contribution < -0.4 is 16.1 Å². The van der Waals surface area contributed by atoms with Crippen molar-refractivity contribution in [3.05, 3.63) is 11.6 Å². The zero-order valence-electron chi connectivity index (χ0n) is 9.11. The molecule has 17 heavy (non-hydrogen) atoms. The highest BCUT2D eigenvalue weighted by Gasteiger charge is 2.26. The first-order valence-electron chi connectivity index (χ1n) is 5.23.